The highest BCUT2D eigenvalue weighted by molar-refractivity contribution is 7.09. The van der Waals surface area contributed by atoms with Gasteiger partial charge in [0.05, 0.1) is 0 Å². The molecule has 1 atom stereocenters. The summed E-state index contributed by atoms with van der Waals surface area (Å²) in [7, 11) is 2.07. The summed E-state index contributed by atoms with van der Waals surface area (Å²) in [4.78, 5) is 6.83. The van der Waals surface area contributed by atoms with Gasteiger partial charge < -0.3 is 10.0 Å². The van der Waals surface area contributed by atoms with Crippen LogP contribution < -0.4 is 4.90 Å². The maximum absolute atomic E-state index is 9.31. The van der Waals surface area contributed by atoms with E-state index in [1.54, 1.807) is 12.1 Å². The molecule has 20 heavy (non-hydrogen) atoms. The molecule has 106 valence electrons. The van der Waals surface area contributed by atoms with Crippen molar-refractivity contribution in [2.75, 3.05) is 11.9 Å². The van der Waals surface area contributed by atoms with Crippen LogP contribution in [0.5, 0.6) is 5.75 Å². The lowest BCUT2D eigenvalue weighted by Gasteiger charge is -2.23. The quantitative estimate of drug-likeness (QED) is 0.918. The second-order valence-corrected chi connectivity index (χ2v) is 6.27. The first kappa shape index (κ1) is 13.4. The molecule has 3 rings (SSSR count). The van der Waals surface area contributed by atoms with Gasteiger partial charge in [-0.15, -0.1) is 0 Å². The molecule has 1 aromatic carbocycles. The summed E-state index contributed by atoms with van der Waals surface area (Å²) in [5, 5.41) is 10.3. The Kier molecular flexibility index (Phi) is 3.61. The van der Waals surface area contributed by atoms with Gasteiger partial charge in [0.2, 0.25) is 5.13 Å². The van der Waals surface area contributed by atoms with Gasteiger partial charge >= 0.3 is 0 Å². The van der Waals surface area contributed by atoms with Gasteiger partial charge in [0.15, 0.2) is 0 Å². The van der Waals surface area contributed by atoms with Crippen molar-refractivity contribution in [2.24, 2.45) is 0 Å². The van der Waals surface area contributed by atoms with Gasteiger partial charge in [0, 0.05) is 30.5 Å². The highest BCUT2D eigenvalue weighted by Crippen LogP contribution is 2.39. The molecule has 1 fully saturated rings. The van der Waals surface area contributed by atoms with Gasteiger partial charge in [0.1, 0.15) is 11.6 Å². The molecule has 2 aromatic rings. The molecule has 1 aliphatic rings. The van der Waals surface area contributed by atoms with E-state index < -0.39 is 0 Å². The summed E-state index contributed by atoms with van der Waals surface area (Å²) in [6.45, 7) is 2.19. The zero-order chi connectivity index (χ0) is 14.1. The molecule has 1 heterocycles. The maximum Gasteiger partial charge on any atom is 0.205 e. The van der Waals surface area contributed by atoms with Crippen LogP contribution in [-0.2, 0) is 6.42 Å². The summed E-state index contributed by atoms with van der Waals surface area (Å²) in [5.74, 6) is 1.95. The third-order valence-electron chi connectivity index (χ3n) is 3.80. The number of likely N-dealkylation sites (N-methyl/N-ethyl adjacent to an activating group) is 1. The highest BCUT2D eigenvalue weighted by Gasteiger charge is 2.28. The van der Waals surface area contributed by atoms with Gasteiger partial charge in [-0.25, -0.2) is 4.98 Å². The van der Waals surface area contributed by atoms with E-state index in [0.717, 1.165) is 17.4 Å². The molecule has 0 bridgehead atoms. The van der Waals surface area contributed by atoms with Gasteiger partial charge in [-0.1, -0.05) is 12.1 Å². The number of hydrogen-bond acceptors (Lipinski definition) is 5. The van der Waals surface area contributed by atoms with E-state index in [4.69, 9.17) is 0 Å². The molecule has 0 saturated heterocycles. The number of aromatic hydroxyl groups is 1. The lowest BCUT2D eigenvalue weighted by molar-refractivity contribution is 0.475. The normalized spacial score (nSPS) is 16.1. The van der Waals surface area contributed by atoms with Crippen LogP contribution in [0.3, 0.4) is 0 Å². The molecule has 1 saturated carbocycles. The van der Waals surface area contributed by atoms with Crippen molar-refractivity contribution >= 4 is 16.7 Å². The summed E-state index contributed by atoms with van der Waals surface area (Å²) < 4.78 is 4.46. The Morgan fingerprint density at radius 3 is 2.70 bits per heavy atom. The van der Waals surface area contributed by atoms with E-state index in [2.05, 4.69) is 28.2 Å². The number of phenolic OH excluding ortho intramolecular Hbond substituents is 1. The Morgan fingerprint density at radius 1 is 1.35 bits per heavy atom. The maximum atomic E-state index is 9.31. The molecule has 4 nitrogen and oxygen atoms in total. The Labute approximate surface area is 123 Å². The van der Waals surface area contributed by atoms with Crippen molar-refractivity contribution < 1.29 is 5.11 Å². The Morgan fingerprint density at radius 2 is 2.05 bits per heavy atom. The number of anilines is 1. The number of nitrogens with zero attached hydrogens (tertiary/aromatic N) is 3. The molecule has 0 spiro atoms. The van der Waals surface area contributed by atoms with Crippen molar-refractivity contribution in [3.8, 4) is 5.75 Å². The van der Waals surface area contributed by atoms with Crippen molar-refractivity contribution in [1.29, 1.82) is 0 Å². The Bertz CT molecular complexity index is 577. The van der Waals surface area contributed by atoms with Crippen molar-refractivity contribution in [1.82, 2.24) is 9.36 Å². The van der Waals surface area contributed by atoms with Crippen LogP contribution in [0, 0.1) is 0 Å². The minimum Gasteiger partial charge on any atom is -0.508 e. The average molecular weight is 289 g/mol. The van der Waals surface area contributed by atoms with Crippen molar-refractivity contribution in [3.63, 3.8) is 0 Å². The number of benzene rings is 1. The van der Waals surface area contributed by atoms with Crippen LogP contribution in [0.15, 0.2) is 24.3 Å². The summed E-state index contributed by atoms with van der Waals surface area (Å²) >= 11 is 1.49. The van der Waals surface area contributed by atoms with Gasteiger partial charge in [0.25, 0.3) is 0 Å². The average Bonchev–Trinajstić information content (AvgIpc) is 3.18. The van der Waals surface area contributed by atoms with Gasteiger partial charge in [-0.2, -0.15) is 4.37 Å². The fourth-order valence-electron chi connectivity index (χ4n) is 2.18. The van der Waals surface area contributed by atoms with Crippen LogP contribution in [0.1, 0.15) is 37.1 Å². The summed E-state index contributed by atoms with van der Waals surface area (Å²) in [6, 6.07) is 7.75. The third-order valence-corrected chi connectivity index (χ3v) is 4.62. The van der Waals surface area contributed by atoms with Gasteiger partial charge in [-0.3, -0.25) is 0 Å². The molecule has 1 N–H and O–H groups in total. The van der Waals surface area contributed by atoms with Crippen LogP contribution in [0.4, 0.5) is 5.13 Å². The fourth-order valence-corrected chi connectivity index (χ4v) is 2.98. The molecule has 1 aromatic heterocycles. The minimum atomic E-state index is 0.313. The largest absolute Gasteiger partial charge is 0.508 e. The number of phenols is 1. The smallest absolute Gasteiger partial charge is 0.205 e. The van der Waals surface area contributed by atoms with E-state index in [9.17, 15) is 5.11 Å². The Hall–Kier alpha value is -1.62. The molecule has 0 amide bonds. The van der Waals surface area contributed by atoms with Crippen molar-refractivity contribution in [3.05, 3.63) is 35.7 Å². The number of aromatic nitrogens is 2. The second-order valence-electron chi connectivity index (χ2n) is 5.54. The standard InChI is InChI=1S/C15H19N3OS/c1-10(9-11-3-7-13(19)8-4-11)18(2)15-16-14(17-20-15)12-5-6-12/h3-4,7-8,10,12,19H,5-6,9H2,1-2H3. The fraction of sp³-hybridized carbons (Fsp3) is 0.467. The SMILES string of the molecule is CC(Cc1ccc(O)cc1)N(C)c1nc(C2CC2)ns1. The number of rotatable bonds is 5. The Balaban J connectivity index is 1.65. The van der Waals surface area contributed by atoms with E-state index >= 15 is 0 Å². The second kappa shape index (κ2) is 5.40. The van der Waals surface area contributed by atoms with Crippen LogP contribution in [0.2, 0.25) is 0 Å². The van der Waals surface area contributed by atoms with E-state index in [1.165, 1.54) is 29.9 Å². The highest BCUT2D eigenvalue weighted by atomic mass is 32.1. The zero-order valence-electron chi connectivity index (χ0n) is 11.8. The summed E-state index contributed by atoms with van der Waals surface area (Å²) in [6.07, 6.45) is 3.40. The monoisotopic (exact) mass is 289 g/mol. The van der Waals surface area contributed by atoms with Crippen LogP contribution in [0.25, 0.3) is 0 Å². The van der Waals surface area contributed by atoms with Crippen LogP contribution >= 0.6 is 11.5 Å². The first-order chi connectivity index (χ1) is 9.63. The van der Waals surface area contributed by atoms with E-state index in [-0.39, 0.29) is 0 Å². The van der Waals surface area contributed by atoms with Crippen LogP contribution in [-0.4, -0.2) is 27.6 Å². The number of hydrogen-bond donors (Lipinski definition) is 1. The lowest BCUT2D eigenvalue weighted by atomic mass is 10.1. The lowest BCUT2D eigenvalue weighted by Crippen LogP contribution is -2.30. The third kappa shape index (κ3) is 2.93. The predicted octanol–water partition coefficient (Wildman–Crippen LogP) is 3.19. The van der Waals surface area contributed by atoms with E-state index in [1.807, 2.05) is 12.1 Å². The van der Waals surface area contributed by atoms with Gasteiger partial charge in [-0.05, 0) is 43.9 Å². The molecule has 5 heteroatoms. The zero-order valence-corrected chi connectivity index (χ0v) is 12.6. The van der Waals surface area contributed by atoms with Crippen molar-refractivity contribution in [2.45, 2.75) is 38.1 Å². The molecular weight excluding hydrogens is 270 g/mol. The molecule has 0 radical (unpaired) electrons. The van der Waals surface area contributed by atoms with E-state index in [0.29, 0.717) is 17.7 Å². The molecule has 1 aliphatic carbocycles. The molecule has 1 unspecified atom stereocenters. The topological polar surface area (TPSA) is 49.2 Å². The minimum absolute atomic E-state index is 0.313. The molecule has 0 aliphatic heterocycles. The summed E-state index contributed by atoms with van der Waals surface area (Å²) in [5.41, 5.74) is 1.22. The first-order valence-electron chi connectivity index (χ1n) is 6.98. The first-order valence-corrected chi connectivity index (χ1v) is 7.75. The predicted molar refractivity (Wildman–Crippen MR) is 81.6 cm³/mol. The molecular formula is C15H19N3OS.